The Morgan fingerprint density at radius 2 is 1.52 bits per heavy atom. The summed E-state index contributed by atoms with van der Waals surface area (Å²) < 4.78 is 1.11. The zero-order valence-corrected chi connectivity index (χ0v) is 15.3. The van der Waals surface area contributed by atoms with Gasteiger partial charge >= 0.3 is 0 Å². The third kappa shape index (κ3) is 2.39. The molecule has 1 aliphatic heterocycles. The molecule has 0 saturated heterocycles. The molecular weight excluding hydrogens is 356 g/mol. The Morgan fingerprint density at radius 1 is 0.852 bits per heavy atom. The van der Waals surface area contributed by atoms with E-state index in [-0.39, 0.29) is 11.8 Å². The first-order valence-electron chi connectivity index (χ1n) is 8.58. The zero-order chi connectivity index (χ0) is 18.5. The molecule has 3 aromatic carbocycles. The monoisotopic (exact) mass is 370 g/mol. The van der Waals surface area contributed by atoms with Gasteiger partial charge in [0.1, 0.15) is 5.01 Å². The molecule has 0 unspecified atom stereocenters. The van der Waals surface area contributed by atoms with Crippen LogP contribution in [0.4, 0.5) is 5.69 Å². The van der Waals surface area contributed by atoms with Crippen molar-refractivity contribution in [2.24, 2.45) is 0 Å². The lowest BCUT2D eigenvalue weighted by atomic mass is 10.1. The zero-order valence-electron chi connectivity index (χ0n) is 14.5. The second kappa shape index (κ2) is 5.86. The van der Waals surface area contributed by atoms with Gasteiger partial charge in [-0.05, 0) is 42.8 Å². The lowest BCUT2D eigenvalue weighted by Gasteiger charge is -2.17. The first kappa shape index (κ1) is 15.9. The van der Waals surface area contributed by atoms with Crippen LogP contribution in [0, 0.1) is 6.92 Å². The van der Waals surface area contributed by atoms with E-state index in [0.717, 1.165) is 26.4 Å². The maximum absolute atomic E-state index is 12.8. The number of fused-ring (bicyclic) bond motifs is 2. The summed E-state index contributed by atoms with van der Waals surface area (Å²) in [5.41, 5.74) is 4.22. The van der Waals surface area contributed by atoms with E-state index in [0.29, 0.717) is 16.8 Å². The largest absolute Gasteiger partial charge is 0.268 e. The van der Waals surface area contributed by atoms with Crippen LogP contribution in [0.3, 0.4) is 0 Å². The maximum atomic E-state index is 12.8. The Hall–Kier alpha value is -3.31. The molecule has 4 aromatic rings. The van der Waals surface area contributed by atoms with E-state index in [1.165, 1.54) is 4.90 Å². The second-order valence-electron chi connectivity index (χ2n) is 6.48. The van der Waals surface area contributed by atoms with Gasteiger partial charge in [-0.25, -0.2) is 9.88 Å². The van der Waals surface area contributed by atoms with Crippen LogP contribution in [0.5, 0.6) is 0 Å². The number of aryl methyl sites for hydroxylation is 1. The molecule has 0 fully saturated rings. The van der Waals surface area contributed by atoms with Gasteiger partial charge in [-0.2, -0.15) is 0 Å². The lowest BCUT2D eigenvalue weighted by Crippen LogP contribution is -2.30. The predicted octanol–water partition coefficient (Wildman–Crippen LogP) is 5.07. The number of aromatic nitrogens is 1. The Bertz CT molecular complexity index is 1170. The number of hydrogen-bond donors (Lipinski definition) is 0. The van der Waals surface area contributed by atoms with Crippen molar-refractivity contribution < 1.29 is 9.59 Å². The van der Waals surface area contributed by atoms with Gasteiger partial charge in [-0.1, -0.05) is 36.4 Å². The molecule has 0 atom stereocenters. The maximum Gasteiger partial charge on any atom is 0.266 e. The first-order chi connectivity index (χ1) is 13.1. The molecule has 2 heterocycles. The normalized spacial score (nSPS) is 13.4. The van der Waals surface area contributed by atoms with Crippen molar-refractivity contribution >= 4 is 39.1 Å². The number of rotatable bonds is 2. The number of thiazole rings is 1. The highest BCUT2D eigenvalue weighted by Gasteiger charge is 2.37. The van der Waals surface area contributed by atoms with Crippen LogP contribution in [0.25, 0.3) is 20.8 Å². The number of benzene rings is 3. The number of hydrogen-bond acceptors (Lipinski definition) is 4. The van der Waals surface area contributed by atoms with Gasteiger partial charge < -0.3 is 0 Å². The smallest absolute Gasteiger partial charge is 0.266 e. The highest BCUT2D eigenvalue weighted by Crippen LogP contribution is 2.36. The van der Waals surface area contributed by atoms with Crippen molar-refractivity contribution in [3.05, 3.63) is 83.4 Å². The molecule has 4 nitrogen and oxygen atoms in total. The van der Waals surface area contributed by atoms with Crippen molar-refractivity contribution in [1.82, 2.24) is 4.98 Å². The van der Waals surface area contributed by atoms with E-state index in [2.05, 4.69) is 4.98 Å². The van der Waals surface area contributed by atoms with Crippen LogP contribution in [0.15, 0.2) is 66.7 Å². The number of nitrogens with zero attached hydrogens (tertiary/aromatic N) is 2. The molecule has 1 aromatic heterocycles. The number of imide groups is 1. The standard InChI is InChI=1S/C22H14N2O2S/c1-13-10-11-14(20-23-17-8-4-5-9-19(17)27-20)12-18(13)24-21(25)15-6-2-3-7-16(15)22(24)26/h2-12H,1H3. The molecule has 0 N–H and O–H groups in total. The van der Waals surface area contributed by atoms with Crippen LogP contribution < -0.4 is 4.90 Å². The van der Waals surface area contributed by atoms with Gasteiger partial charge in [0.15, 0.2) is 0 Å². The molecule has 130 valence electrons. The van der Waals surface area contributed by atoms with E-state index in [1.54, 1.807) is 35.6 Å². The quantitative estimate of drug-likeness (QED) is 0.463. The third-order valence-corrected chi connectivity index (χ3v) is 5.87. The number of anilines is 1. The van der Waals surface area contributed by atoms with Gasteiger partial charge in [0.2, 0.25) is 0 Å². The molecule has 1 aliphatic rings. The minimum atomic E-state index is -0.278. The molecule has 0 spiro atoms. The van der Waals surface area contributed by atoms with Gasteiger partial charge in [0.25, 0.3) is 11.8 Å². The Morgan fingerprint density at radius 3 is 2.22 bits per heavy atom. The van der Waals surface area contributed by atoms with Crippen LogP contribution in [0.1, 0.15) is 26.3 Å². The molecule has 0 aliphatic carbocycles. The highest BCUT2D eigenvalue weighted by atomic mass is 32.1. The number of para-hydroxylation sites is 1. The van der Waals surface area contributed by atoms with Crippen LogP contribution in [-0.2, 0) is 0 Å². The lowest BCUT2D eigenvalue weighted by molar-refractivity contribution is 0.0926. The molecule has 2 amide bonds. The average Bonchev–Trinajstić information content (AvgIpc) is 3.23. The molecule has 27 heavy (non-hydrogen) atoms. The Labute approximate surface area is 159 Å². The van der Waals surface area contributed by atoms with E-state index < -0.39 is 0 Å². The van der Waals surface area contributed by atoms with Gasteiger partial charge in [0, 0.05) is 5.56 Å². The second-order valence-corrected chi connectivity index (χ2v) is 7.51. The summed E-state index contributed by atoms with van der Waals surface area (Å²) in [7, 11) is 0. The summed E-state index contributed by atoms with van der Waals surface area (Å²) in [6, 6.07) is 20.7. The first-order valence-corrected chi connectivity index (χ1v) is 9.39. The SMILES string of the molecule is Cc1ccc(-c2nc3ccccc3s2)cc1N1C(=O)c2ccccc2C1=O. The molecule has 0 bridgehead atoms. The Balaban J connectivity index is 1.63. The molecule has 5 rings (SSSR count). The molecule has 0 radical (unpaired) electrons. The number of carbonyl (C=O) groups is 2. The van der Waals surface area contributed by atoms with E-state index in [9.17, 15) is 9.59 Å². The molecule has 0 saturated carbocycles. The van der Waals surface area contributed by atoms with Crippen LogP contribution >= 0.6 is 11.3 Å². The highest BCUT2D eigenvalue weighted by molar-refractivity contribution is 7.21. The summed E-state index contributed by atoms with van der Waals surface area (Å²) in [5, 5.41) is 0.869. The minimum Gasteiger partial charge on any atom is -0.268 e. The number of amides is 2. The van der Waals surface area contributed by atoms with Crippen molar-refractivity contribution in [3.63, 3.8) is 0 Å². The van der Waals surface area contributed by atoms with Crippen molar-refractivity contribution in [2.75, 3.05) is 4.90 Å². The summed E-state index contributed by atoms with van der Waals surface area (Å²) in [6.45, 7) is 1.90. The summed E-state index contributed by atoms with van der Waals surface area (Å²) in [5.74, 6) is -0.555. The fraction of sp³-hybridized carbons (Fsp3) is 0.0455. The molecular formula is C22H14N2O2S. The van der Waals surface area contributed by atoms with Gasteiger partial charge in [0.05, 0.1) is 27.0 Å². The van der Waals surface area contributed by atoms with E-state index >= 15 is 0 Å². The molecule has 5 heteroatoms. The fourth-order valence-corrected chi connectivity index (χ4v) is 4.35. The van der Waals surface area contributed by atoms with Crippen LogP contribution in [0.2, 0.25) is 0 Å². The van der Waals surface area contributed by atoms with Crippen molar-refractivity contribution in [1.29, 1.82) is 0 Å². The third-order valence-electron chi connectivity index (χ3n) is 4.78. The Kier molecular flexibility index (Phi) is 3.45. The van der Waals surface area contributed by atoms with Crippen molar-refractivity contribution in [3.8, 4) is 10.6 Å². The van der Waals surface area contributed by atoms with E-state index in [1.807, 2.05) is 49.4 Å². The summed E-state index contributed by atoms with van der Waals surface area (Å²) >= 11 is 1.60. The summed E-state index contributed by atoms with van der Waals surface area (Å²) in [4.78, 5) is 31.6. The van der Waals surface area contributed by atoms with E-state index in [4.69, 9.17) is 0 Å². The average molecular weight is 370 g/mol. The van der Waals surface area contributed by atoms with Gasteiger partial charge in [-0.15, -0.1) is 11.3 Å². The van der Waals surface area contributed by atoms with Gasteiger partial charge in [-0.3, -0.25) is 9.59 Å². The number of carbonyl (C=O) groups excluding carboxylic acids is 2. The predicted molar refractivity (Wildman–Crippen MR) is 107 cm³/mol. The minimum absolute atomic E-state index is 0.278. The van der Waals surface area contributed by atoms with Crippen LogP contribution in [-0.4, -0.2) is 16.8 Å². The topological polar surface area (TPSA) is 50.3 Å². The fourth-order valence-electron chi connectivity index (χ4n) is 3.39. The summed E-state index contributed by atoms with van der Waals surface area (Å²) in [6.07, 6.45) is 0. The van der Waals surface area contributed by atoms with Crippen molar-refractivity contribution in [2.45, 2.75) is 6.92 Å².